The molecule has 0 saturated carbocycles. The maximum absolute atomic E-state index is 12.0. The van der Waals surface area contributed by atoms with Crippen molar-refractivity contribution in [1.82, 2.24) is 10.2 Å². The van der Waals surface area contributed by atoms with Crippen LogP contribution in [0, 0.1) is 6.92 Å². The first-order valence-corrected chi connectivity index (χ1v) is 8.37. The molecule has 0 aliphatic rings. The maximum atomic E-state index is 12.0. The van der Waals surface area contributed by atoms with E-state index in [0.717, 1.165) is 11.3 Å². The zero-order chi connectivity index (χ0) is 19.1. The predicted molar refractivity (Wildman–Crippen MR) is 104 cm³/mol. The maximum Gasteiger partial charge on any atom is 0.263 e. The molecule has 0 bridgehead atoms. The molecule has 27 heavy (non-hydrogen) atoms. The van der Waals surface area contributed by atoms with Crippen LogP contribution in [-0.2, 0) is 4.79 Å². The molecule has 0 atom stereocenters. The highest BCUT2D eigenvalue weighted by Crippen LogP contribution is 2.26. The molecule has 1 aromatic heterocycles. The van der Waals surface area contributed by atoms with E-state index >= 15 is 0 Å². The second kappa shape index (κ2) is 8.66. The van der Waals surface area contributed by atoms with Crippen molar-refractivity contribution in [2.75, 3.05) is 24.4 Å². The minimum absolute atomic E-state index is 0.105. The summed E-state index contributed by atoms with van der Waals surface area (Å²) in [5, 5.41) is 13.8. The zero-order valence-electron chi connectivity index (χ0n) is 15.1. The number of hydrogen-bond acceptors (Lipinski definition) is 6. The number of methoxy groups -OCH3 is 1. The summed E-state index contributed by atoms with van der Waals surface area (Å²) < 4.78 is 10.7. The summed E-state index contributed by atoms with van der Waals surface area (Å²) in [6, 6.07) is 18.4. The number of anilines is 3. The van der Waals surface area contributed by atoms with E-state index < -0.39 is 0 Å². The number of carbonyl (C=O) groups is 1. The molecule has 3 aromatic rings. The molecule has 138 valence electrons. The second-order valence-corrected chi connectivity index (χ2v) is 5.78. The fourth-order valence-electron chi connectivity index (χ4n) is 2.31. The number of aryl methyl sites for hydroxylation is 1. The summed E-state index contributed by atoms with van der Waals surface area (Å²) in [4.78, 5) is 12.0. The fraction of sp³-hybridized carbons (Fsp3) is 0.150. The largest absolute Gasteiger partial charge is 0.495 e. The topological polar surface area (TPSA) is 85.4 Å². The van der Waals surface area contributed by atoms with E-state index in [1.54, 1.807) is 19.2 Å². The van der Waals surface area contributed by atoms with Gasteiger partial charge in [-0.3, -0.25) is 4.79 Å². The molecule has 3 rings (SSSR count). The normalized spacial score (nSPS) is 10.1. The molecule has 7 heteroatoms. The lowest BCUT2D eigenvalue weighted by Gasteiger charge is -2.10. The van der Waals surface area contributed by atoms with Crippen molar-refractivity contribution in [3.05, 3.63) is 66.2 Å². The number of amides is 1. The number of ether oxygens (including phenoxy) is 2. The Morgan fingerprint density at radius 3 is 2.37 bits per heavy atom. The van der Waals surface area contributed by atoms with Crippen LogP contribution in [0.15, 0.2) is 60.7 Å². The Kier molecular flexibility index (Phi) is 5.84. The Labute approximate surface area is 157 Å². The third-order valence-electron chi connectivity index (χ3n) is 3.69. The number of benzene rings is 2. The lowest BCUT2D eigenvalue weighted by Crippen LogP contribution is -2.21. The zero-order valence-corrected chi connectivity index (χ0v) is 15.1. The van der Waals surface area contributed by atoms with Gasteiger partial charge in [-0.05, 0) is 43.3 Å². The molecule has 2 aromatic carbocycles. The van der Waals surface area contributed by atoms with Crippen LogP contribution in [0.25, 0.3) is 0 Å². The van der Waals surface area contributed by atoms with Crippen LogP contribution in [0.3, 0.4) is 0 Å². The molecule has 7 nitrogen and oxygen atoms in total. The molecular formula is C20H20N4O3. The van der Waals surface area contributed by atoms with E-state index in [0.29, 0.717) is 23.1 Å². The number of aromatic nitrogens is 2. The van der Waals surface area contributed by atoms with E-state index in [9.17, 15) is 4.79 Å². The van der Waals surface area contributed by atoms with Gasteiger partial charge in [0.15, 0.2) is 18.2 Å². The average molecular weight is 364 g/mol. The third-order valence-corrected chi connectivity index (χ3v) is 3.69. The standard InChI is InChI=1S/C20H20N4O3/c1-14-7-9-15(10-8-14)27-13-20(25)22-19-12-11-18(23-24-19)21-16-5-3-4-6-17(16)26-2/h3-12H,13H2,1-2H3,(H,21,23)(H,22,24,25). The molecule has 0 aliphatic carbocycles. The van der Waals surface area contributed by atoms with Crippen molar-refractivity contribution in [3.8, 4) is 11.5 Å². The molecule has 1 heterocycles. The summed E-state index contributed by atoms with van der Waals surface area (Å²) >= 11 is 0. The quantitative estimate of drug-likeness (QED) is 0.667. The van der Waals surface area contributed by atoms with Crippen LogP contribution in [0.5, 0.6) is 11.5 Å². The van der Waals surface area contributed by atoms with Crippen LogP contribution < -0.4 is 20.1 Å². The van der Waals surface area contributed by atoms with E-state index in [4.69, 9.17) is 9.47 Å². The van der Waals surface area contributed by atoms with Crippen molar-refractivity contribution in [3.63, 3.8) is 0 Å². The minimum atomic E-state index is -0.310. The van der Waals surface area contributed by atoms with Crippen LogP contribution in [0.1, 0.15) is 5.56 Å². The van der Waals surface area contributed by atoms with Crippen LogP contribution in [0.2, 0.25) is 0 Å². The van der Waals surface area contributed by atoms with Gasteiger partial charge in [-0.15, -0.1) is 10.2 Å². The minimum Gasteiger partial charge on any atom is -0.495 e. The summed E-state index contributed by atoms with van der Waals surface area (Å²) in [5.74, 6) is 1.91. The predicted octanol–water partition coefficient (Wildman–Crippen LogP) is 3.55. The summed E-state index contributed by atoms with van der Waals surface area (Å²) in [6.45, 7) is 1.88. The molecule has 2 N–H and O–H groups in total. The second-order valence-electron chi connectivity index (χ2n) is 5.78. The van der Waals surface area contributed by atoms with E-state index in [1.807, 2.05) is 55.5 Å². The highest BCUT2D eigenvalue weighted by molar-refractivity contribution is 5.90. The van der Waals surface area contributed by atoms with Crippen molar-refractivity contribution in [1.29, 1.82) is 0 Å². The average Bonchev–Trinajstić information content (AvgIpc) is 2.69. The molecule has 0 radical (unpaired) electrons. The molecule has 0 unspecified atom stereocenters. The number of carbonyl (C=O) groups excluding carboxylic acids is 1. The Balaban J connectivity index is 1.54. The number of nitrogens with zero attached hydrogens (tertiary/aromatic N) is 2. The Hall–Kier alpha value is -3.61. The molecule has 0 saturated heterocycles. The summed E-state index contributed by atoms with van der Waals surface area (Å²) in [7, 11) is 1.60. The first-order valence-electron chi connectivity index (χ1n) is 8.37. The molecule has 1 amide bonds. The van der Waals surface area contributed by atoms with Crippen LogP contribution in [-0.4, -0.2) is 29.8 Å². The summed E-state index contributed by atoms with van der Waals surface area (Å²) in [6.07, 6.45) is 0. The van der Waals surface area contributed by atoms with Gasteiger partial charge in [-0.25, -0.2) is 0 Å². The Morgan fingerprint density at radius 1 is 0.963 bits per heavy atom. The van der Waals surface area contributed by atoms with E-state index in [2.05, 4.69) is 20.8 Å². The van der Waals surface area contributed by atoms with Gasteiger partial charge in [-0.2, -0.15) is 0 Å². The molecule has 0 spiro atoms. The first kappa shape index (κ1) is 18.2. The third kappa shape index (κ3) is 5.18. The van der Waals surface area contributed by atoms with Crippen LogP contribution >= 0.6 is 0 Å². The SMILES string of the molecule is COc1ccccc1Nc1ccc(NC(=O)COc2ccc(C)cc2)nn1. The van der Waals surface area contributed by atoms with E-state index in [1.165, 1.54) is 0 Å². The van der Waals surface area contributed by atoms with Crippen molar-refractivity contribution >= 4 is 23.2 Å². The highest BCUT2D eigenvalue weighted by Gasteiger charge is 2.07. The van der Waals surface area contributed by atoms with Gasteiger partial charge in [0.2, 0.25) is 0 Å². The number of rotatable bonds is 7. The highest BCUT2D eigenvalue weighted by atomic mass is 16.5. The van der Waals surface area contributed by atoms with Crippen molar-refractivity contribution in [2.45, 2.75) is 6.92 Å². The van der Waals surface area contributed by atoms with Gasteiger partial charge in [-0.1, -0.05) is 29.8 Å². The smallest absolute Gasteiger partial charge is 0.263 e. The van der Waals surface area contributed by atoms with Gasteiger partial charge in [0, 0.05) is 0 Å². The monoisotopic (exact) mass is 364 g/mol. The molecular weight excluding hydrogens is 344 g/mol. The lowest BCUT2D eigenvalue weighted by atomic mass is 10.2. The Bertz CT molecular complexity index is 896. The van der Waals surface area contributed by atoms with Gasteiger partial charge in [0.25, 0.3) is 5.91 Å². The Morgan fingerprint density at radius 2 is 1.67 bits per heavy atom. The first-order chi connectivity index (χ1) is 13.1. The number of nitrogens with one attached hydrogen (secondary N) is 2. The molecule has 0 aliphatic heterocycles. The number of para-hydroxylation sites is 2. The van der Waals surface area contributed by atoms with Gasteiger partial charge in [0.1, 0.15) is 11.5 Å². The lowest BCUT2D eigenvalue weighted by molar-refractivity contribution is -0.118. The van der Waals surface area contributed by atoms with Crippen molar-refractivity contribution in [2.24, 2.45) is 0 Å². The van der Waals surface area contributed by atoms with Gasteiger partial charge in [0.05, 0.1) is 12.8 Å². The fourth-order valence-corrected chi connectivity index (χ4v) is 2.31. The van der Waals surface area contributed by atoms with Gasteiger partial charge < -0.3 is 20.1 Å². The van der Waals surface area contributed by atoms with Gasteiger partial charge >= 0.3 is 0 Å². The summed E-state index contributed by atoms with van der Waals surface area (Å²) in [5.41, 5.74) is 1.90. The van der Waals surface area contributed by atoms with Crippen molar-refractivity contribution < 1.29 is 14.3 Å². The van der Waals surface area contributed by atoms with Crippen LogP contribution in [0.4, 0.5) is 17.3 Å². The molecule has 0 fully saturated rings. The number of hydrogen-bond donors (Lipinski definition) is 2. The van der Waals surface area contributed by atoms with E-state index in [-0.39, 0.29) is 12.5 Å².